The predicted molar refractivity (Wildman–Crippen MR) is 66.2 cm³/mol. The lowest BCUT2D eigenvalue weighted by Crippen LogP contribution is -2.26. The summed E-state index contributed by atoms with van der Waals surface area (Å²) in [5.74, 6) is -2.20. The van der Waals surface area contributed by atoms with E-state index in [1.54, 1.807) is 19.9 Å². The van der Waals surface area contributed by atoms with Crippen LogP contribution in [0.25, 0.3) is 0 Å². The van der Waals surface area contributed by atoms with Crippen molar-refractivity contribution in [2.24, 2.45) is 11.8 Å². The maximum Gasteiger partial charge on any atom is 0.306 e. The summed E-state index contributed by atoms with van der Waals surface area (Å²) in [6.45, 7) is 7.07. The van der Waals surface area contributed by atoms with Crippen molar-refractivity contribution in [3.63, 3.8) is 0 Å². The smallest absolute Gasteiger partial charge is 0.306 e. The summed E-state index contributed by atoms with van der Waals surface area (Å²) in [5, 5.41) is 8.92. The molecule has 0 saturated carbocycles. The van der Waals surface area contributed by atoms with Crippen molar-refractivity contribution in [1.82, 2.24) is 0 Å². The molecule has 0 bridgehead atoms. The van der Waals surface area contributed by atoms with E-state index in [1.807, 2.05) is 26.0 Å². The third-order valence-electron chi connectivity index (χ3n) is 3.42. The highest BCUT2D eigenvalue weighted by molar-refractivity contribution is 6.00. The number of carboxylic acids is 1. The van der Waals surface area contributed by atoms with E-state index in [2.05, 4.69) is 0 Å². The van der Waals surface area contributed by atoms with Crippen LogP contribution in [0, 0.1) is 25.7 Å². The largest absolute Gasteiger partial charge is 0.481 e. The molecule has 1 N–H and O–H groups in total. The number of hydrogen-bond donors (Lipinski definition) is 1. The molecule has 0 aliphatic heterocycles. The standard InChI is InChI=1S/C14H18O3/c1-8-6-5-7-12(9(8)2)13(15)10(3)11(4)14(16)17/h5-7,10-11H,1-4H3,(H,16,17). The number of ketones is 1. The fraction of sp³-hybridized carbons (Fsp3) is 0.429. The Kier molecular flexibility index (Phi) is 4.05. The third kappa shape index (κ3) is 2.73. The van der Waals surface area contributed by atoms with Crippen LogP contribution >= 0.6 is 0 Å². The van der Waals surface area contributed by atoms with E-state index < -0.39 is 17.8 Å². The molecule has 1 rings (SSSR count). The van der Waals surface area contributed by atoms with Crippen molar-refractivity contribution in [2.45, 2.75) is 27.7 Å². The molecule has 1 aromatic rings. The molecule has 17 heavy (non-hydrogen) atoms. The zero-order valence-electron chi connectivity index (χ0n) is 10.7. The van der Waals surface area contributed by atoms with Crippen LogP contribution in [0.5, 0.6) is 0 Å². The second-order valence-corrected chi connectivity index (χ2v) is 4.53. The minimum atomic E-state index is -0.934. The van der Waals surface area contributed by atoms with Crippen molar-refractivity contribution in [2.75, 3.05) is 0 Å². The van der Waals surface area contributed by atoms with Crippen LogP contribution in [0.4, 0.5) is 0 Å². The predicted octanol–water partition coefficient (Wildman–Crippen LogP) is 2.84. The molecule has 0 amide bonds. The van der Waals surface area contributed by atoms with Gasteiger partial charge in [0, 0.05) is 11.5 Å². The van der Waals surface area contributed by atoms with Crippen LogP contribution in [0.15, 0.2) is 18.2 Å². The van der Waals surface area contributed by atoms with Gasteiger partial charge in [0.25, 0.3) is 0 Å². The molecule has 92 valence electrons. The average molecular weight is 234 g/mol. The van der Waals surface area contributed by atoms with Crippen molar-refractivity contribution in [3.05, 3.63) is 34.9 Å². The molecule has 3 nitrogen and oxygen atoms in total. The van der Waals surface area contributed by atoms with Gasteiger partial charge in [0.05, 0.1) is 5.92 Å². The number of Topliss-reactive ketones (excluding diaryl/α,β-unsaturated/α-hetero) is 1. The zero-order chi connectivity index (χ0) is 13.2. The molecular weight excluding hydrogens is 216 g/mol. The molecule has 0 aliphatic carbocycles. The van der Waals surface area contributed by atoms with Crippen LogP contribution in [0.1, 0.15) is 35.3 Å². The lowest BCUT2D eigenvalue weighted by molar-refractivity contribution is -0.142. The minimum absolute atomic E-state index is 0.0962. The third-order valence-corrected chi connectivity index (χ3v) is 3.42. The van der Waals surface area contributed by atoms with Crippen molar-refractivity contribution >= 4 is 11.8 Å². The molecular formula is C14H18O3. The Morgan fingerprint density at radius 1 is 1.12 bits per heavy atom. The molecule has 0 radical (unpaired) electrons. The molecule has 0 heterocycles. The summed E-state index contributed by atoms with van der Waals surface area (Å²) in [7, 11) is 0. The van der Waals surface area contributed by atoms with Gasteiger partial charge in [-0.1, -0.05) is 32.0 Å². The van der Waals surface area contributed by atoms with E-state index in [4.69, 9.17) is 5.11 Å². The van der Waals surface area contributed by atoms with Crippen molar-refractivity contribution in [1.29, 1.82) is 0 Å². The lowest BCUT2D eigenvalue weighted by atomic mass is 9.86. The van der Waals surface area contributed by atoms with Crippen LogP contribution in [-0.4, -0.2) is 16.9 Å². The quantitative estimate of drug-likeness (QED) is 0.815. The van der Waals surface area contributed by atoms with Gasteiger partial charge in [-0.15, -0.1) is 0 Å². The lowest BCUT2D eigenvalue weighted by Gasteiger charge is -2.16. The van der Waals surface area contributed by atoms with Gasteiger partial charge in [-0.3, -0.25) is 9.59 Å². The minimum Gasteiger partial charge on any atom is -0.481 e. The summed E-state index contributed by atoms with van der Waals surface area (Å²) < 4.78 is 0. The number of carboxylic acid groups (broad SMARTS) is 1. The van der Waals surface area contributed by atoms with Gasteiger partial charge in [0.2, 0.25) is 0 Å². The number of aryl methyl sites for hydroxylation is 1. The Balaban J connectivity index is 3.05. The van der Waals surface area contributed by atoms with E-state index in [0.29, 0.717) is 5.56 Å². The van der Waals surface area contributed by atoms with Crippen molar-refractivity contribution in [3.8, 4) is 0 Å². The van der Waals surface area contributed by atoms with Crippen LogP contribution in [-0.2, 0) is 4.79 Å². The van der Waals surface area contributed by atoms with Gasteiger partial charge in [-0.05, 0) is 25.0 Å². The normalized spacial score (nSPS) is 14.1. The zero-order valence-corrected chi connectivity index (χ0v) is 10.7. The van der Waals surface area contributed by atoms with Crippen molar-refractivity contribution < 1.29 is 14.7 Å². The van der Waals surface area contributed by atoms with E-state index >= 15 is 0 Å². The number of carbonyl (C=O) groups is 2. The second-order valence-electron chi connectivity index (χ2n) is 4.53. The highest BCUT2D eigenvalue weighted by Gasteiger charge is 2.27. The fourth-order valence-electron chi connectivity index (χ4n) is 1.70. The molecule has 0 fully saturated rings. The summed E-state index contributed by atoms with van der Waals surface area (Å²) in [5.41, 5.74) is 2.61. The highest BCUT2D eigenvalue weighted by atomic mass is 16.4. The first kappa shape index (κ1) is 13.4. The fourth-order valence-corrected chi connectivity index (χ4v) is 1.70. The van der Waals surface area contributed by atoms with Gasteiger partial charge < -0.3 is 5.11 Å². The van der Waals surface area contributed by atoms with E-state index in [1.165, 1.54) is 0 Å². The topological polar surface area (TPSA) is 54.4 Å². The molecule has 0 spiro atoms. The molecule has 3 heteroatoms. The molecule has 0 aliphatic rings. The maximum absolute atomic E-state index is 12.2. The summed E-state index contributed by atoms with van der Waals surface area (Å²) >= 11 is 0. The number of benzene rings is 1. The van der Waals surface area contributed by atoms with Gasteiger partial charge in [0.15, 0.2) is 5.78 Å². The van der Waals surface area contributed by atoms with Gasteiger partial charge in [0.1, 0.15) is 0 Å². The van der Waals surface area contributed by atoms with Gasteiger partial charge >= 0.3 is 5.97 Å². The van der Waals surface area contributed by atoms with E-state index in [-0.39, 0.29) is 5.78 Å². The Morgan fingerprint density at radius 3 is 2.24 bits per heavy atom. The Hall–Kier alpha value is -1.64. The summed E-state index contributed by atoms with van der Waals surface area (Å²) in [6.07, 6.45) is 0. The Labute approximate surface area is 101 Å². The molecule has 0 saturated heterocycles. The molecule has 2 unspecified atom stereocenters. The van der Waals surface area contributed by atoms with Crippen LogP contribution in [0.2, 0.25) is 0 Å². The summed E-state index contributed by atoms with van der Waals surface area (Å²) in [6, 6.07) is 5.53. The first-order chi connectivity index (χ1) is 7.86. The Morgan fingerprint density at radius 2 is 1.71 bits per heavy atom. The van der Waals surface area contributed by atoms with E-state index in [0.717, 1.165) is 11.1 Å². The highest BCUT2D eigenvalue weighted by Crippen LogP contribution is 2.21. The van der Waals surface area contributed by atoms with Crippen LogP contribution < -0.4 is 0 Å². The summed E-state index contributed by atoms with van der Waals surface area (Å²) in [4.78, 5) is 23.1. The first-order valence-corrected chi connectivity index (χ1v) is 5.69. The molecule has 1 aromatic carbocycles. The monoisotopic (exact) mass is 234 g/mol. The average Bonchev–Trinajstić information content (AvgIpc) is 2.29. The number of carbonyl (C=O) groups excluding carboxylic acids is 1. The SMILES string of the molecule is Cc1cccc(C(=O)C(C)C(C)C(=O)O)c1C. The van der Waals surface area contributed by atoms with E-state index in [9.17, 15) is 9.59 Å². The van der Waals surface area contributed by atoms with Gasteiger partial charge in [-0.2, -0.15) is 0 Å². The number of hydrogen-bond acceptors (Lipinski definition) is 2. The van der Waals surface area contributed by atoms with Crippen LogP contribution in [0.3, 0.4) is 0 Å². The van der Waals surface area contributed by atoms with Gasteiger partial charge in [-0.25, -0.2) is 0 Å². The second kappa shape index (κ2) is 5.13. The first-order valence-electron chi connectivity index (χ1n) is 5.69. The Bertz CT molecular complexity index is 449. The molecule has 2 atom stereocenters. The molecule has 0 aromatic heterocycles. The number of aliphatic carboxylic acids is 1. The number of rotatable bonds is 4. The maximum atomic E-state index is 12.2.